The van der Waals surface area contributed by atoms with Crippen molar-refractivity contribution >= 4 is 23.5 Å². The Morgan fingerprint density at radius 3 is 2.43 bits per heavy atom. The summed E-state index contributed by atoms with van der Waals surface area (Å²) in [5.74, 6) is -3.06. The van der Waals surface area contributed by atoms with E-state index < -0.39 is 36.4 Å². The Balaban J connectivity index is 1.77. The Labute approximate surface area is 158 Å². The van der Waals surface area contributed by atoms with Crippen LogP contribution in [0.3, 0.4) is 0 Å². The molecule has 28 heavy (non-hydrogen) atoms. The molecule has 0 bridgehead atoms. The fraction of sp³-hybridized carbons (Fsp3) is 0.444. The quantitative estimate of drug-likeness (QED) is 0.842. The van der Waals surface area contributed by atoms with Crippen molar-refractivity contribution in [2.75, 3.05) is 13.1 Å². The predicted molar refractivity (Wildman–Crippen MR) is 91.0 cm³/mol. The van der Waals surface area contributed by atoms with Gasteiger partial charge in [-0.05, 0) is 12.0 Å². The number of carbonyl (C=O) groups excluding carboxylic acids is 2. The molecule has 1 unspecified atom stereocenters. The molecule has 0 aromatic heterocycles. The third kappa shape index (κ3) is 3.58. The van der Waals surface area contributed by atoms with E-state index in [9.17, 15) is 27.6 Å². The van der Waals surface area contributed by atoms with Crippen LogP contribution in [0.15, 0.2) is 35.4 Å². The maximum Gasteiger partial charge on any atom is 0.406 e. The van der Waals surface area contributed by atoms with E-state index in [1.54, 1.807) is 24.3 Å². The van der Waals surface area contributed by atoms with Crippen LogP contribution in [0.2, 0.25) is 0 Å². The van der Waals surface area contributed by atoms with E-state index in [2.05, 4.69) is 5.10 Å². The molecular formula is C18H18F3N3O4. The van der Waals surface area contributed by atoms with Gasteiger partial charge in [-0.25, -0.2) is 5.01 Å². The molecule has 1 aromatic carbocycles. The third-order valence-corrected chi connectivity index (χ3v) is 5.04. The lowest BCUT2D eigenvalue weighted by Gasteiger charge is -2.28. The summed E-state index contributed by atoms with van der Waals surface area (Å²) in [6.07, 6.45) is -5.67. The number of hydrazone groups is 1. The van der Waals surface area contributed by atoms with E-state index in [1.165, 1.54) is 0 Å². The minimum atomic E-state index is -4.97. The van der Waals surface area contributed by atoms with Crippen LogP contribution in [0.5, 0.6) is 0 Å². The zero-order chi connectivity index (χ0) is 20.5. The zero-order valence-corrected chi connectivity index (χ0v) is 14.8. The molecule has 0 aliphatic carbocycles. The molecule has 10 heteroatoms. The minimum absolute atomic E-state index is 0.00550. The molecule has 1 N–H and O–H groups in total. The Bertz CT molecular complexity index is 825. The number of amides is 2. The van der Waals surface area contributed by atoms with E-state index in [0.717, 1.165) is 15.5 Å². The lowest BCUT2D eigenvalue weighted by atomic mass is 9.86. The van der Waals surface area contributed by atoms with Crippen molar-refractivity contribution in [2.24, 2.45) is 10.5 Å². The average molecular weight is 397 g/mol. The standard InChI is InChI=1S/C18H18F3N3O4/c19-18(20,21)17(16(27)28)8-9-23(11-17)15(26)13-6-7-14(25)24(22-13)10-12-4-2-1-3-5-12/h1-5H,6-11H2,(H,27,28). The second-order valence-corrected chi connectivity index (χ2v) is 6.85. The summed E-state index contributed by atoms with van der Waals surface area (Å²) < 4.78 is 39.9. The summed E-state index contributed by atoms with van der Waals surface area (Å²) in [6, 6.07) is 8.94. The minimum Gasteiger partial charge on any atom is -0.481 e. The monoisotopic (exact) mass is 397 g/mol. The van der Waals surface area contributed by atoms with E-state index in [4.69, 9.17) is 5.11 Å². The first-order valence-electron chi connectivity index (χ1n) is 8.65. The van der Waals surface area contributed by atoms with Crippen molar-refractivity contribution in [1.29, 1.82) is 0 Å². The van der Waals surface area contributed by atoms with E-state index in [-0.39, 0.29) is 37.6 Å². The highest BCUT2D eigenvalue weighted by Gasteiger charge is 2.64. The van der Waals surface area contributed by atoms with Crippen LogP contribution in [0.25, 0.3) is 0 Å². The molecule has 150 valence electrons. The summed E-state index contributed by atoms with van der Waals surface area (Å²) >= 11 is 0. The van der Waals surface area contributed by atoms with Crippen LogP contribution in [0.1, 0.15) is 24.8 Å². The zero-order valence-electron chi connectivity index (χ0n) is 14.8. The number of aliphatic carboxylic acids is 1. The number of rotatable bonds is 4. The second-order valence-electron chi connectivity index (χ2n) is 6.85. The molecule has 2 aliphatic rings. The highest BCUT2D eigenvalue weighted by molar-refractivity contribution is 6.39. The van der Waals surface area contributed by atoms with Gasteiger partial charge in [-0.2, -0.15) is 18.3 Å². The van der Waals surface area contributed by atoms with E-state index >= 15 is 0 Å². The molecule has 0 saturated carbocycles. The molecule has 1 fully saturated rings. The molecule has 2 aliphatic heterocycles. The predicted octanol–water partition coefficient (Wildman–Crippen LogP) is 2.03. The van der Waals surface area contributed by atoms with E-state index in [0.29, 0.717) is 0 Å². The highest BCUT2D eigenvalue weighted by Crippen LogP contribution is 2.45. The highest BCUT2D eigenvalue weighted by atomic mass is 19.4. The van der Waals surface area contributed by atoms with E-state index in [1.807, 2.05) is 6.07 Å². The largest absolute Gasteiger partial charge is 0.481 e. The van der Waals surface area contributed by atoms with Crippen molar-refractivity contribution in [3.05, 3.63) is 35.9 Å². The summed E-state index contributed by atoms with van der Waals surface area (Å²) in [5.41, 5.74) is -2.23. The van der Waals surface area contributed by atoms with Crippen molar-refractivity contribution in [3.8, 4) is 0 Å². The van der Waals surface area contributed by atoms with Crippen LogP contribution in [0, 0.1) is 5.41 Å². The van der Waals surface area contributed by atoms with Gasteiger partial charge in [0.05, 0.1) is 6.54 Å². The number of hydrogen-bond acceptors (Lipinski definition) is 4. The summed E-state index contributed by atoms with van der Waals surface area (Å²) in [6.45, 7) is -1.16. The number of likely N-dealkylation sites (tertiary alicyclic amines) is 1. The molecule has 1 saturated heterocycles. The van der Waals surface area contributed by atoms with Crippen LogP contribution in [-0.4, -0.2) is 57.8 Å². The van der Waals surface area contributed by atoms with Crippen LogP contribution >= 0.6 is 0 Å². The van der Waals surface area contributed by atoms with Crippen LogP contribution < -0.4 is 0 Å². The maximum absolute atomic E-state index is 13.3. The molecule has 2 heterocycles. The topological polar surface area (TPSA) is 90.3 Å². The van der Waals surface area contributed by atoms with Gasteiger partial charge in [-0.3, -0.25) is 14.4 Å². The van der Waals surface area contributed by atoms with Gasteiger partial charge >= 0.3 is 12.1 Å². The Kier molecular flexibility index (Phi) is 5.14. The molecule has 1 atom stereocenters. The van der Waals surface area contributed by atoms with Crippen LogP contribution in [-0.2, 0) is 20.9 Å². The SMILES string of the molecule is O=C(C1=NN(Cc2ccccc2)C(=O)CC1)N1CCC(C(=O)O)(C(F)(F)F)C1. The summed E-state index contributed by atoms with van der Waals surface area (Å²) in [7, 11) is 0. The number of nitrogens with zero attached hydrogens (tertiary/aromatic N) is 3. The fourth-order valence-electron chi connectivity index (χ4n) is 3.33. The number of halogens is 3. The first-order chi connectivity index (χ1) is 13.1. The first-order valence-corrected chi connectivity index (χ1v) is 8.65. The Morgan fingerprint density at radius 1 is 1.18 bits per heavy atom. The third-order valence-electron chi connectivity index (χ3n) is 5.04. The number of carboxylic acids is 1. The lowest BCUT2D eigenvalue weighted by Crippen LogP contribution is -2.48. The van der Waals surface area contributed by atoms with Crippen LogP contribution in [0.4, 0.5) is 13.2 Å². The number of benzene rings is 1. The van der Waals surface area contributed by atoms with Crippen molar-refractivity contribution in [1.82, 2.24) is 9.91 Å². The Morgan fingerprint density at radius 2 is 1.86 bits per heavy atom. The maximum atomic E-state index is 13.3. The van der Waals surface area contributed by atoms with Gasteiger partial charge in [0.1, 0.15) is 5.71 Å². The number of alkyl halides is 3. The van der Waals surface area contributed by atoms with Crippen molar-refractivity contribution < 1.29 is 32.7 Å². The summed E-state index contributed by atoms with van der Waals surface area (Å²) in [5, 5.41) is 14.3. The molecule has 3 rings (SSSR count). The first kappa shape index (κ1) is 19.8. The summed E-state index contributed by atoms with van der Waals surface area (Å²) in [4.78, 5) is 36.8. The second kappa shape index (κ2) is 7.25. The molecule has 0 radical (unpaired) electrons. The normalized spacial score (nSPS) is 23.0. The smallest absolute Gasteiger partial charge is 0.406 e. The van der Waals surface area contributed by atoms with Gasteiger partial charge in [-0.1, -0.05) is 30.3 Å². The molecule has 1 aromatic rings. The number of carbonyl (C=O) groups is 3. The van der Waals surface area contributed by atoms with Gasteiger partial charge in [-0.15, -0.1) is 0 Å². The molecule has 7 nitrogen and oxygen atoms in total. The van der Waals surface area contributed by atoms with Crippen molar-refractivity contribution in [3.63, 3.8) is 0 Å². The van der Waals surface area contributed by atoms with Gasteiger partial charge in [0, 0.05) is 25.9 Å². The lowest BCUT2D eigenvalue weighted by molar-refractivity contribution is -0.227. The van der Waals surface area contributed by atoms with Gasteiger partial charge in [0.2, 0.25) is 5.91 Å². The number of carboxylic acid groups (broad SMARTS) is 1. The fourth-order valence-corrected chi connectivity index (χ4v) is 3.33. The van der Waals surface area contributed by atoms with Gasteiger partial charge < -0.3 is 10.0 Å². The number of hydrogen-bond donors (Lipinski definition) is 1. The average Bonchev–Trinajstić information content (AvgIpc) is 3.11. The molecule has 2 amide bonds. The van der Waals surface area contributed by atoms with Gasteiger partial charge in [0.25, 0.3) is 5.91 Å². The molecule has 0 spiro atoms. The van der Waals surface area contributed by atoms with Crippen molar-refractivity contribution in [2.45, 2.75) is 32.0 Å². The van der Waals surface area contributed by atoms with Gasteiger partial charge in [0.15, 0.2) is 5.41 Å². The molecular weight excluding hydrogens is 379 g/mol. The Hall–Kier alpha value is -2.91.